The number of hydrogen-bond acceptors (Lipinski definition) is 4. The average molecular weight is 366 g/mol. The molecule has 7 heteroatoms. The Morgan fingerprint density at radius 3 is 2.67 bits per heavy atom. The third-order valence-electron chi connectivity index (χ3n) is 4.56. The Labute approximate surface area is 156 Å². The summed E-state index contributed by atoms with van der Waals surface area (Å²) in [4.78, 5) is 12.2. The third-order valence-corrected chi connectivity index (χ3v) is 4.56. The van der Waals surface area contributed by atoms with Crippen LogP contribution in [0.2, 0.25) is 0 Å². The Balaban J connectivity index is 1.55. The maximum atomic E-state index is 13.2. The summed E-state index contributed by atoms with van der Waals surface area (Å²) in [6.07, 6.45) is -0.172. The van der Waals surface area contributed by atoms with Crippen molar-refractivity contribution in [1.29, 1.82) is 0 Å². The number of benzene rings is 2. The van der Waals surface area contributed by atoms with Gasteiger partial charge in [0.15, 0.2) is 0 Å². The molecule has 0 radical (unpaired) electrons. The highest BCUT2D eigenvalue weighted by molar-refractivity contribution is 5.94. The minimum atomic E-state index is -0.306. The van der Waals surface area contributed by atoms with Crippen LogP contribution in [0, 0.1) is 5.82 Å². The number of methoxy groups -OCH3 is 1. The molecule has 0 aliphatic carbocycles. The molecule has 0 saturated heterocycles. The lowest BCUT2D eigenvalue weighted by molar-refractivity contribution is 0.0900. The van der Waals surface area contributed by atoms with Gasteiger partial charge in [-0.1, -0.05) is 12.1 Å². The number of nitrogens with one attached hydrogen (secondary N) is 2. The van der Waals surface area contributed by atoms with Crippen LogP contribution in [0.1, 0.15) is 22.2 Å². The van der Waals surface area contributed by atoms with Gasteiger partial charge in [-0.15, -0.1) is 0 Å². The van der Waals surface area contributed by atoms with Gasteiger partial charge in [0.1, 0.15) is 23.4 Å². The molecule has 0 unspecified atom stereocenters. The molecule has 1 aliphatic heterocycles. The van der Waals surface area contributed by atoms with Gasteiger partial charge in [-0.25, -0.2) is 9.07 Å². The van der Waals surface area contributed by atoms with Crippen molar-refractivity contribution >= 4 is 5.91 Å². The first-order valence-corrected chi connectivity index (χ1v) is 8.64. The second-order valence-corrected chi connectivity index (χ2v) is 6.32. The van der Waals surface area contributed by atoms with Gasteiger partial charge >= 0.3 is 0 Å². The second-order valence-electron chi connectivity index (χ2n) is 6.32. The molecular formula is C20H19FN4O2. The van der Waals surface area contributed by atoms with Crippen LogP contribution in [0.4, 0.5) is 4.39 Å². The first-order chi connectivity index (χ1) is 13.1. The normalized spacial score (nSPS) is 15.9. The van der Waals surface area contributed by atoms with Gasteiger partial charge in [-0.2, -0.15) is 5.10 Å². The summed E-state index contributed by atoms with van der Waals surface area (Å²) < 4.78 is 20.0. The van der Waals surface area contributed by atoms with E-state index in [1.54, 1.807) is 30.0 Å². The van der Waals surface area contributed by atoms with Crippen molar-refractivity contribution < 1.29 is 13.9 Å². The Kier molecular flexibility index (Phi) is 4.60. The van der Waals surface area contributed by atoms with Gasteiger partial charge in [-0.05, 0) is 48.0 Å². The summed E-state index contributed by atoms with van der Waals surface area (Å²) >= 11 is 0. The average Bonchev–Trinajstić information content (AvgIpc) is 3.15. The summed E-state index contributed by atoms with van der Waals surface area (Å²) in [6.45, 7) is 1.06. The largest absolute Gasteiger partial charge is 0.497 e. The van der Waals surface area contributed by atoms with E-state index in [2.05, 4.69) is 15.7 Å². The van der Waals surface area contributed by atoms with Crippen molar-refractivity contribution in [2.24, 2.45) is 0 Å². The van der Waals surface area contributed by atoms with Crippen LogP contribution in [0.3, 0.4) is 0 Å². The van der Waals surface area contributed by atoms with Crippen molar-refractivity contribution in [3.8, 4) is 17.0 Å². The topological polar surface area (TPSA) is 68.2 Å². The Morgan fingerprint density at radius 2 is 1.96 bits per heavy atom. The molecule has 1 aromatic heterocycles. The molecule has 1 aliphatic rings. The van der Waals surface area contributed by atoms with E-state index in [9.17, 15) is 9.18 Å². The predicted molar refractivity (Wildman–Crippen MR) is 98.8 cm³/mol. The van der Waals surface area contributed by atoms with E-state index in [1.165, 1.54) is 12.1 Å². The zero-order valence-corrected chi connectivity index (χ0v) is 14.8. The Hall–Kier alpha value is -3.19. The molecule has 1 amide bonds. The van der Waals surface area contributed by atoms with Crippen molar-refractivity contribution in [2.75, 3.05) is 13.7 Å². The molecule has 0 saturated carbocycles. The van der Waals surface area contributed by atoms with Gasteiger partial charge in [0.2, 0.25) is 0 Å². The highest BCUT2D eigenvalue weighted by atomic mass is 19.1. The monoisotopic (exact) mass is 366 g/mol. The Morgan fingerprint density at radius 1 is 1.22 bits per heavy atom. The number of aromatic nitrogens is 2. The maximum Gasteiger partial charge on any atom is 0.269 e. The van der Waals surface area contributed by atoms with E-state index in [1.807, 2.05) is 24.3 Å². The Bertz CT molecular complexity index is 951. The number of fused-ring (bicyclic) bond motifs is 1. The molecule has 2 heterocycles. The van der Waals surface area contributed by atoms with E-state index in [0.717, 1.165) is 16.9 Å². The molecular weight excluding hydrogens is 347 g/mol. The first kappa shape index (κ1) is 17.2. The fourth-order valence-electron chi connectivity index (χ4n) is 3.07. The zero-order valence-electron chi connectivity index (χ0n) is 14.8. The summed E-state index contributed by atoms with van der Waals surface area (Å²) in [5.74, 6) is 0.333. The van der Waals surface area contributed by atoms with Crippen LogP contribution in [0.5, 0.6) is 5.75 Å². The molecule has 0 bridgehead atoms. The van der Waals surface area contributed by atoms with Gasteiger partial charge in [0, 0.05) is 12.1 Å². The standard InChI is InChI=1S/C20H19FN4O2/c1-27-16-8-2-13(3-9-16)11-22-19-12-23-20(26)18-10-17(24-25(18)19)14-4-6-15(21)7-5-14/h2-10,19,22H,11-12H2,1H3,(H,23,26)/t19-/m1/s1. The van der Waals surface area contributed by atoms with E-state index in [-0.39, 0.29) is 17.9 Å². The van der Waals surface area contributed by atoms with Gasteiger partial charge in [-0.3, -0.25) is 10.1 Å². The lowest BCUT2D eigenvalue weighted by Crippen LogP contribution is -2.45. The molecule has 3 aromatic rings. The molecule has 27 heavy (non-hydrogen) atoms. The van der Waals surface area contributed by atoms with Gasteiger partial charge in [0.05, 0.1) is 19.3 Å². The molecule has 0 fully saturated rings. The first-order valence-electron chi connectivity index (χ1n) is 8.64. The summed E-state index contributed by atoms with van der Waals surface area (Å²) in [5.41, 5.74) is 2.98. The molecule has 1 atom stereocenters. The number of nitrogens with zero attached hydrogens (tertiary/aromatic N) is 2. The van der Waals surface area contributed by atoms with Crippen LogP contribution < -0.4 is 15.4 Å². The van der Waals surface area contributed by atoms with E-state index in [4.69, 9.17) is 4.74 Å². The van der Waals surface area contributed by atoms with Crippen LogP contribution in [0.15, 0.2) is 54.6 Å². The molecule has 6 nitrogen and oxygen atoms in total. The summed E-state index contributed by atoms with van der Waals surface area (Å²) in [5, 5.41) is 10.9. The lowest BCUT2D eigenvalue weighted by Gasteiger charge is -2.25. The van der Waals surface area contributed by atoms with Crippen molar-refractivity contribution in [2.45, 2.75) is 12.7 Å². The highest BCUT2D eigenvalue weighted by Gasteiger charge is 2.27. The maximum absolute atomic E-state index is 13.2. The number of carbonyl (C=O) groups is 1. The number of rotatable bonds is 5. The van der Waals surface area contributed by atoms with Crippen molar-refractivity contribution in [3.63, 3.8) is 0 Å². The summed E-state index contributed by atoms with van der Waals surface area (Å²) in [7, 11) is 1.63. The van der Waals surface area contributed by atoms with E-state index < -0.39 is 0 Å². The molecule has 138 valence electrons. The quantitative estimate of drug-likeness (QED) is 0.729. The molecule has 0 spiro atoms. The summed E-state index contributed by atoms with van der Waals surface area (Å²) in [6, 6.07) is 15.6. The number of amides is 1. The third kappa shape index (κ3) is 3.54. The van der Waals surface area contributed by atoms with E-state index in [0.29, 0.717) is 24.5 Å². The number of halogens is 1. The second kappa shape index (κ2) is 7.20. The van der Waals surface area contributed by atoms with E-state index >= 15 is 0 Å². The fraction of sp³-hybridized carbons (Fsp3) is 0.200. The van der Waals surface area contributed by atoms with Gasteiger partial charge < -0.3 is 10.1 Å². The number of carbonyl (C=O) groups excluding carboxylic acids is 1. The molecule has 2 N–H and O–H groups in total. The molecule has 2 aromatic carbocycles. The van der Waals surface area contributed by atoms with Crippen LogP contribution >= 0.6 is 0 Å². The minimum Gasteiger partial charge on any atom is -0.497 e. The van der Waals surface area contributed by atoms with Crippen LogP contribution in [-0.4, -0.2) is 29.3 Å². The smallest absolute Gasteiger partial charge is 0.269 e. The zero-order chi connectivity index (χ0) is 18.8. The lowest BCUT2D eigenvalue weighted by atomic mass is 10.1. The highest BCUT2D eigenvalue weighted by Crippen LogP contribution is 2.23. The fourth-order valence-corrected chi connectivity index (χ4v) is 3.07. The minimum absolute atomic E-state index is 0.168. The SMILES string of the molecule is COc1ccc(CN[C@H]2CNC(=O)c3cc(-c4ccc(F)cc4)nn32)cc1. The molecule has 4 rings (SSSR count). The number of ether oxygens (including phenoxy) is 1. The number of hydrogen-bond donors (Lipinski definition) is 2. The van der Waals surface area contributed by atoms with Crippen molar-refractivity contribution in [1.82, 2.24) is 20.4 Å². The van der Waals surface area contributed by atoms with Crippen molar-refractivity contribution in [3.05, 3.63) is 71.7 Å². The van der Waals surface area contributed by atoms with Crippen LogP contribution in [-0.2, 0) is 6.54 Å². The predicted octanol–water partition coefficient (Wildman–Crippen LogP) is 2.73. The van der Waals surface area contributed by atoms with Crippen LogP contribution in [0.25, 0.3) is 11.3 Å². The van der Waals surface area contributed by atoms with Gasteiger partial charge in [0.25, 0.3) is 5.91 Å².